The van der Waals surface area contributed by atoms with Gasteiger partial charge in [-0.25, -0.2) is 4.39 Å². The minimum absolute atomic E-state index is 0.386. The number of hydrogen-bond acceptors (Lipinski definition) is 4. The van der Waals surface area contributed by atoms with Gasteiger partial charge >= 0.3 is 0 Å². The van der Waals surface area contributed by atoms with Crippen LogP contribution in [0.5, 0.6) is 0 Å². The lowest BCUT2D eigenvalue weighted by molar-refractivity contribution is -0.384. The molecule has 0 saturated heterocycles. The van der Waals surface area contributed by atoms with Crippen molar-refractivity contribution in [3.8, 4) is 6.07 Å². The highest BCUT2D eigenvalue weighted by molar-refractivity contribution is 5.99. The van der Waals surface area contributed by atoms with Crippen molar-refractivity contribution in [2.24, 2.45) is 5.41 Å². The van der Waals surface area contributed by atoms with Gasteiger partial charge in [0.15, 0.2) is 11.5 Å². The first-order valence-electron chi connectivity index (χ1n) is 6.66. The number of amides is 1. The molecule has 6 nitrogen and oxygen atoms in total. The Morgan fingerprint density at radius 2 is 2.05 bits per heavy atom. The number of nitro benzene ring substituents is 1. The molecule has 0 radical (unpaired) electrons. The molecule has 0 aliphatic heterocycles. The van der Waals surface area contributed by atoms with Gasteiger partial charge in [0.25, 0.3) is 5.69 Å². The number of hydrogen-bond donors (Lipinski definition) is 1. The zero-order valence-corrected chi connectivity index (χ0v) is 11.3. The molecule has 0 aromatic heterocycles. The molecule has 0 unspecified atom stereocenters. The van der Waals surface area contributed by atoms with Crippen LogP contribution < -0.4 is 5.32 Å². The quantitative estimate of drug-likeness (QED) is 0.683. The maximum Gasteiger partial charge on any atom is 0.295 e. The molecule has 1 aromatic rings. The van der Waals surface area contributed by atoms with E-state index in [1.165, 1.54) is 6.07 Å². The maximum absolute atomic E-state index is 13.8. The summed E-state index contributed by atoms with van der Waals surface area (Å²) < 4.78 is 13.8. The third-order valence-corrected chi connectivity index (χ3v) is 3.78. The number of para-hydroxylation sites is 1. The van der Waals surface area contributed by atoms with Gasteiger partial charge in [-0.15, -0.1) is 0 Å². The van der Waals surface area contributed by atoms with E-state index < -0.39 is 33.4 Å². The Labute approximate surface area is 120 Å². The predicted molar refractivity (Wildman–Crippen MR) is 72.8 cm³/mol. The van der Waals surface area contributed by atoms with E-state index in [0.29, 0.717) is 12.8 Å². The van der Waals surface area contributed by atoms with Gasteiger partial charge in [-0.3, -0.25) is 14.9 Å². The molecule has 110 valence electrons. The second-order valence-electron chi connectivity index (χ2n) is 5.10. The molecule has 1 aliphatic carbocycles. The smallest absolute Gasteiger partial charge is 0.295 e. The molecule has 0 atom stereocenters. The molecule has 1 aromatic carbocycles. The number of nitrogens with one attached hydrogen (secondary N) is 1. The predicted octanol–water partition coefficient (Wildman–Crippen LogP) is 3.15. The number of carbonyl (C=O) groups excluding carboxylic acids is 1. The van der Waals surface area contributed by atoms with Crippen LogP contribution >= 0.6 is 0 Å². The summed E-state index contributed by atoms with van der Waals surface area (Å²) in [5, 5.41) is 22.4. The van der Waals surface area contributed by atoms with Crippen molar-refractivity contribution in [1.82, 2.24) is 0 Å². The van der Waals surface area contributed by atoms with E-state index in [4.69, 9.17) is 0 Å². The number of rotatable bonds is 3. The van der Waals surface area contributed by atoms with Crippen molar-refractivity contribution in [2.45, 2.75) is 32.1 Å². The highest BCUT2D eigenvalue weighted by Gasteiger charge is 2.40. The lowest BCUT2D eigenvalue weighted by Crippen LogP contribution is -2.37. The maximum atomic E-state index is 13.8. The fourth-order valence-electron chi connectivity index (χ4n) is 2.57. The molecule has 1 aliphatic rings. The van der Waals surface area contributed by atoms with Crippen molar-refractivity contribution in [3.05, 3.63) is 34.1 Å². The van der Waals surface area contributed by atoms with Crippen LogP contribution in [-0.4, -0.2) is 10.8 Å². The first-order valence-corrected chi connectivity index (χ1v) is 6.66. The SMILES string of the molecule is N#CC1(C(=O)Nc2c(F)cccc2[N+](=O)[O-])CCCCC1. The van der Waals surface area contributed by atoms with Gasteiger partial charge in [0.2, 0.25) is 5.91 Å². The molecule has 1 fully saturated rings. The van der Waals surface area contributed by atoms with E-state index in [1.807, 2.05) is 6.07 Å². The average molecular weight is 291 g/mol. The highest BCUT2D eigenvalue weighted by atomic mass is 19.1. The molecule has 7 heteroatoms. The van der Waals surface area contributed by atoms with Crippen molar-refractivity contribution >= 4 is 17.3 Å². The normalized spacial score (nSPS) is 16.8. The van der Waals surface area contributed by atoms with Crippen molar-refractivity contribution in [1.29, 1.82) is 5.26 Å². The second kappa shape index (κ2) is 5.87. The van der Waals surface area contributed by atoms with Crippen LogP contribution in [0.25, 0.3) is 0 Å². The van der Waals surface area contributed by atoms with Gasteiger partial charge in [-0.1, -0.05) is 25.3 Å². The van der Waals surface area contributed by atoms with E-state index in [9.17, 15) is 24.6 Å². The van der Waals surface area contributed by atoms with Gasteiger partial charge < -0.3 is 5.32 Å². The van der Waals surface area contributed by atoms with Crippen LogP contribution in [0.15, 0.2) is 18.2 Å². The Bertz CT molecular complexity index is 618. The zero-order chi connectivity index (χ0) is 15.5. The number of halogens is 1. The highest BCUT2D eigenvalue weighted by Crippen LogP contribution is 2.38. The van der Waals surface area contributed by atoms with Crippen LogP contribution in [0.3, 0.4) is 0 Å². The zero-order valence-electron chi connectivity index (χ0n) is 11.3. The standard InChI is InChI=1S/C14H14FN3O3/c15-10-5-4-6-11(18(20)21)12(10)17-13(19)14(9-16)7-2-1-3-8-14/h4-6H,1-3,7-8H2,(H,17,19). The molecule has 1 saturated carbocycles. The topological polar surface area (TPSA) is 96.0 Å². The molecular formula is C14H14FN3O3. The van der Waals surface area contributed by atoms with E-state index in [-0.39, 0.29) is 0 Å². The Kier molecular flexibility index (Phi) is 4.17. The number of nitrogens with zero attached hydrogens (tertiary/aromatic N) is 2. The minimum atomic E-state index is -1.23. The molecule has 2 rings (SSSR count). The lowest BCUT2D eigenvalue weighted by Gasteiger charge is -2.29. The Morgan fingerprint density at radius 1 is 1.38 bits per heavy atom. The number of carbonyl (C=O) groups is 1. The molecule has 21 heavy (non-hydrogen) atoms. The third kappa shape index (κ3) is 2.84. The van der Waals surface area contributed by atoms with Crippen molar-refractivity contribution in [3.63, 3.8) is 0 Å². The Morgan fingerprint density at radius 3 is 2.62 bits per heavy atom. The molecule has 0 bridgehead atoms. The Hall–Kier alpha value is -2.49. The fraction of sp³-hybridized carbons (Fsp3) is 0.429. The van der Waals surface area contributed by atoms with Gasteiger partial charge in [-0.05, 0) is 18.9 Å². The van der Waals surface area contributed by atoms with Crippen LogP contribution in [-0.2, 0) is 4.79 Å². The van der Waals surface area contributed by atoms with E-state index in [1.54, 1.807) is 0 Å². The lowest BCUT2D eigenvalue weighted by atomic mass is 9.74. The van der Waals surface area contributed by atoms with Gasteiger partial charge in [0, 0.05) is 6.07 Å². The van der Waals surface area contributed by atoms with E-state index in [2.05, 4.69) is 5.32 Å². The number of anilines is 1. The number of nitriles is 1. The van der Waals surface area contributed by atoms with E-state index in [0.717, 1.165) is 31.4 Å². The molecular weight excluding hydrogens is 277 g/mol. The minimum Gasteiger partial charge on any atom is -0.317 e. The van der Waals surface area contributed by atoms with Crippen LogP contribution in [0.2, 0.25) is 0 Å². The van der Waals surface area contributed by atoms with Crippen LogP contribution in [0.1, 0.15) is 32.1 Å². The number of nitro groups is 1. The summed E-state index contributed by atoms with van der Waals surface area (Å²) in [6.07, 6.45) is 3.19. The van der Waals surface area contributed by atoms with Crippen LogP contribution in [0, 0.1) is 32.7 Å². The molecule has 0 spiro atoms. The summed E-state index contributed by atoms with van der Waals surface area (Å²) in [4.78, 5) is 22.5. The number of benzene rings is 1. The summed E-state index contributed by atoms with van der Waals surface area (Å²) in [5.74, 6) is -1.56. The van der Waals surface area contributed by atoms with Crippen LogP contribution in [0.4, 0.5) is 15.8 Å². The molecule has 0 heterocycles. The second-order valence-corrected chi connectivity index (χ2v) is 5.10. The van der Waals surface area contributed by atoms with E-state index >= 15 is 0 Å². The molecule has 1 N–H and O–H groups in total. The summed E-state index contributed by atoms with van der Waals surface area (Å²) in [5.41, 5.74) is -2.23. The molecule has 1 amide bonds. The monoisotopic (exact) mass is 291 g/mol. The van der Waals surface area contributed by atoms with Gasteiger partial charge in [-0.2, -0.15) is 5.26 Å². The van der Waals surface area contributed by atoms with Crippen molar-refractivity contribution < 1.29 is 14.1 Å². The van der Waals surface area contributed by atoms with Crippen molar-refractivity contribution in [2.75, 3.05) is 5.32 Å². The Balaban J connectivity index is 2.32. The van der Waals surface area contributed by atoms with Gasteiger partial charge in [0.1, 0.15) is 5.41 Å². The summed E-state index contributed by atoms with van der Waals surface area (Å²) in [7, 11) is 0. The van der Waals surface area contributed by atoms with Gasteiger partial charge in [0.05, 0.1) is 11.0 Å². The third-order valence-electron chi connectivity index (χ3n) is 3.78. The largest absolute Gasteiger partial charge is 0.317 e. The fourth-order valence-corrected chi connectivity index (χ4v) is 2.57. The summed E-state index contributed by atoms with van der Waals surface area (Å²) in [6, 6.07) is 5.34. The average Bonchev–Trinajstić information content (AvgIpc) is 2.49. The summed E-state index contributed by atoms with van der Waals surface area (Å²) in [6.45, 7) is 0. The first-order chi connectivity index (χ1) is 10.00. The summed E-state index contributed by atoms with van der Waals surface area (Å²) >= 11 is 0. The first kappa shape index (κ1) is 14.9.